The topological polar surface area (TPSA) is 31.0 Å². The van der Waals surface area contributed by atoms with Gasteiger partial charge in [-0.2, -0.15) is 0 Å². The fourth-order valence-electron chi connectivity index (χ4n) is 3.63. The highest BCUT2D eigenvalue weighted by Crippen LogP contribution is 2.44. The van der Waals surface area contributed by atoms with Crippen LogP contribution >= 0.6 is 0 Å². The SMILES string of the molecule is CCCCCCCCCC=C[C@@H]1OC[C@H](C)[C@H](OC)[C@@]12CO2. The molecule has 0 bridgehead atoms. The van der Waals surface area contributed by atoms with Gasteiger partial charge in [0.1, 0.15) is 11.7 Å². The van der Waals surface area contributed by atoms with Crippen LogP contribution in [0, 0.1) is 5.92 Å². The summed E-state index contributed by atoms with van der Waals surface area (Å²) in [6, 6.07) is 0. The van der Waals surface area contributed by atoms with Gasteiger partial charge in [-0.25, -0.2) is 0 Å². The van der Waals surface area contributed by atoms with Crippen molar-refractivity contribution in [3.05, 3.63) is 12.2 Å². The molecular weight excluding hydrogens is 276 g/mol. The van der Waals surface area contributed by atoms with E-state index in [9.17, 15) is 0 Å². The maximum Gasteiger partial charge on any atom is 0.147 e. The molecule has 3 heteroatoms. The van der Waals surface area contributed by atoms with Crippen LogP contribution in [-0.2, 0) is 14.2 Å². The molecular formula is C19H34O3. The monoisotopic (exact) mass is 310 g/mol. The van der Waals surface area contributed by atoms with Crippen molar-refractivity contribution in [1.29, 1.82) is 0 Å². The van der Waals surface area contributed by atoms with Gasteiger partial charge in [0.2, 0.25) is 0 Å². The molecule has 0 aromatic rings. The van der Waals surface area contributed by atoms with E-state index < -0.39 is 0 Å². The second-order valence-electron chi connectivity index (χ2n) is 6.97. The molecule has 2 rings (SSSR count). The third-order valence-corrected chi connectivity index (χ3v) is 5.04. The Kier molecular flexibility index (Phi) is 7.39. The van der Waals surface area contributed by atoms with Gasteiger partial charge < -0.3 is 14.2 Å². The summed E-state index contributed by atoms with van der Waals surface area (Å²) in [5.41, 5.74) is -0.205. The summed E-state index contributed by atoms with van der Waals surface area (Å²) in [6.45, 7) is 5.97. The Morgan fingerprint density at radius 2 is 1.82 bits per heavy atom. The summed E-state index contributed by atoms with van der Waals surface area (Å²) in [5, 5.41) is 0. The molecule has 0 aliphatic carbocycles. The summed E-state index contributed by atoms with van der Waals surface area (Å²) in [5.74, 6) is 0.403. The normalized spacial score (nSPS) is 34.6. The van der Waals surface area contributed by atoms with Crippen molar-refractivity contribution < 1.29 is 14.2 Å². The van der Waals surface area contributed by atoms with Gasteiger partial charge in [-0.15, -0.1) is 0 Å². The molecule has 0 aromatic heterocycles. The van der Waals surface area contributed by atoms with Crippen molar-refractivity contribution in [1.82, 2.24) is 0 Å². The minimum Gasteiger partial charge on any atom is -0.378 e. The Balaban J connectivity index is 1.64. The third-order valence-electron chi connectivity index (χ3n) is 5.04. The molecule has 0 amide bonds. The van der Waals surface area contributed by atoms with Crippen LogP contribution in [0.5, 0.6) is 0 Å². The van der Waals surface area contributed by atoms with Crippen molar-refractivity contribution in [2.45, 2.75) is 83.0 Å². The van der Waals surface area contributed by atoms with Crippen molar-refractivity contribution in [3.63, 3.8) is 0 Å². The molecule has 4 atom stereocenters. The largest absolute Gasteiger partial charge is 0.378 e. The Morgan fingerprint density at radius 1 is 1.14 bits per heavy atom. The fourth-order valence-corrected chi connectivity index (χ4v) is 3.63. The molecule has 3 nitrogen and oxygen atoms in total. The van der Waals surface area contributed by atoms with Crippen molar-refractivity contribution in [2.75, 3.05) is 20.3 Å². The summed E-state index contributed by atoms with van der Waals surface area (Å²) in [6.07, 6.45) is 15.4. The van der Waals surface area contributed by atoms with Gasteiger partial charge in [0.25, 0.3) is 0 Å². The predicted molar refractivity (Wildman–Crippen MR) is 90.1 cm³/mol. The number of hydrogen-bond acceptors (Lipinski definition) is 3. The van der Waals surface area contributed by atoms with Gasteiger partial charge in [0.05, 0.1) is 19.3 Å². The zero-order valence-electron chi connectivity index (χ0n) is 14.7. The smallest absolute Gasteiger partial charge is 0.147 e. The second kappa shape index (κ2) is 9.05. The Labute approximate surface area is 136 Å². The number of ether oxygens (including phenoxy) is 3. The second-order valence-corrected chi connectivity index (χ2v) is 6.97. The summed E-state index contributed by atoms with van der Waals surface area (Å²) in [7, 11) is 1.79. The number of unbranched alkanes of at least 4 members (excludes halogenated alkanes) is 7. The number of allylic oxidation sites excluding steroid dienone is 1. The van der Waals surface area contributed by atoms with E-state index in [1.807, 2.05) is 0 Å². The van der Waals surface area contributed by atoms with Crippen LogP contribution in [0.25, 0.3) is 0 Å². The van der Waals surface area contributed by atoms with Crippen LogP contribution in [0.15, 0.2) is 12.2 Å². The number of rotatable bonds is 10. The molecule has 0 unspecified atom stereocenters. The molecule has 0 aromatic carbocycles. The number of hydrogen-bond donors (Lipinski definition) is 0. The molecule has 2 fully saturated rings. The van der Waals surface area contributed by atoms with Crippen LogP contribution in [0.2, 0.25) is 0 Å². The first-order valence-electron chi connectivity index (χ1n) is 9.19. The van der Waals surface area contributed by atoms with Gasteiger partial charge in [-0.1, -0.05) is 64.5 Å². The minimum atomic E-state index is -0.205. The van der Waals surface area contributed by atoms with E-state index in [0.717, 1.165) is 19.6 Å². The summed E-state index contributed by atoms with van der Waals surface area (Å²) >= 11 is 0. The molecule has 2 aliphatic heterocycles. The Bertz CT molecular complexity index is 336. The zero-order chi connectivity index (χ0) is 15.8. The molecule has 0 saturated carbocycles. The first kappa shape index (κ1) is 18.0. The first-order chi connectivity index (χ1) is 10.7. The highest BCUT2D eigenvalue weighted by Gasteiger charge is 2.61. The van der Waals surface area contributed by atoms with Gasteiger partial charge in [0.15, 0.2) is 0 Å². The van der Waals surface area contributed by atoms with E-state index in [1.54, 1.807) is 7.11 Å². The van der Waals surface area contributed by atoms with Crippen LogP contribution < -0.4 is 0 Å². The highest BCUT2D eigenvalue weighted by molar-refractivity contribution is 5.15. The van der Waals surface area contributed by atoms with Crippen LogP contribution in [0.1, 0.15) is 65.2 Å². The van der Waals surface area contributed by atoms with E-state index in [0.29, 0.717) is 5.92 Å². The molecule has 2 saturated heterocycles. The van der Waals surface area contributed by atoms with Gasteiger partial charge in [0, 0.05) is 13.0 Å². The quantitative estimate of drug-likeness (QED) is 0.338. The lowest BCUT2D eigenvalue weighted by Crippen LogP contribution is -2.52. The van der Waals surface area contributed by atoms with E-state index in [1.165, 1.54) is 44.9 Å². The van der Waals surface area contributed by atoms with Gasteiger partial charge in [-0.3, -0.25) is 0 Å². The minimum absolute atomic E-state index is 0.0678. The lowest BCUT2D eigenvalue weighted by Gasteiger charge is -2.38. The van der Waals surface area contributed by atoms with Crippen LogP contribution in [-0.4, -0.2) is 38.1 Å². The zero-order valence-corrected chi connectivity index (χ0v) is 14.7. The highest BCUT2D eigenvalue weighted by atomic mass is 16.7. The van der Waals surface area contributed by atoms with E-state index in [-0.39, 0.29) is 17.8 Å². The van der Waals surface area contributed by atoms with Crippen molar-refractivity contribution >= 4 is 0 Å². The fraction of sp³-hybridized carbons (Fsp3) is 0.895. The standard InChI is InChI=1S/C19H34O3/c1-4-5-6-7-8-9-10-11-12-13-17-19(15-22-19)18(20-3)16(2)14-21-17/h12-13,16-18H,4-11,14-15H2,1-3H3/t16-,17-,18-,19+/m0/s1. The van der Waals surface area contributed by atoms with E-state index in [4.69, 9.17) is 14.2 Å². The molecule has 2 heterocycles. The Hall–Kier alpha value is -0.380. The third kappa shape index (κ3) is 4.56. The van der Waals surface area contributed by atoms with Crippen LogP contribution in [0.4, 0.5) is 0 Å². The van der Waals surface area contributed by atoms with Crippen LogP contribution in [0.3, 0.4) is 0 Å². The average Bonchev–Trinajstić information content (AvgIpc) is 3.29. The average molecular weight is 310 g/mol. The summed E-state index contributed by atoms with van der Waals surface area (Å²) < 4.78 is 17.4. The summed E-state index contributed by atoms with van der Waals surface area (Å²) in [4.78, 5) is 0. The maximum absolute atomic E-state index is 5.98. The number of epoxide rings is 1. The van der Waals surface area contributed by atoms with E-state index >= 15 is 0 Å². The molecule has 22 heavy (non-hydrogen) atoms. The number of methoxy groups -OCH3 is 1. The molecule has 0 radical (unpaired) electrons. The lowest BCUT2D eigenvalue weighted by atomic mass is 9.85. The molecule has 0 N–H and O–H groups in total. The Morgan fingerprint density at radius 3 is 2.45 bits per heavy atom. The molecule has 2 aliphatic rings. The van der Waals surface area contributed by atoms with Crippen molar-refractivity contribution in [3.8, 4) is 0 Å². The molecule has 128 valence electrons. The van der Waals surface area contributed by atoms with E-state index in [2.05, 4.69) is 26.0 Å². The lowest BCUT2D eigenvalue weighted by molar-refractivity contribution is -0.131. The van der Waals surface area contributed by atoms with Crippen molar-refractivity contribution in [2.24, 2.45) is 5.92 Å². The maximum atomic E-state index is 5.98. The van der Waals surface area contributed by atoms with Gasteiger partial charge >= 0.3 is 0 Å². The van der Waals surface area contributed by atoms with Gasteiger partial charge in [-0.05, 0) is 12.8 Å². The predicted octanol–water partition coefficient (Wildman–Crippen LogP) is 4.50. The first-order valence-corrected chi connectivity index (χ1v) is 9.19. The molecule has 1 spiro atoms.